The highest BCUT2D eigenvalue weighted by atomic mass is 32.1. The normalized spacial score (nSPS) is 11.5. The number of carbonyl (C=O) groups excluding carboxylic acids is 3. The Labute approximate surface area is 188 Å². The molecule has 0 radical (unpaired) electrons. The Morgan fingerprint density at radius 3 is 2.68 bits per heavy atom. The van der Waals surface area contributed by atoms with E-state index in [9.17, 15) is 14.4 Å². The second-order valence-electron chi connectivity index (χ2n) is 7.03. The minimum atomic E-state index is -0.208. The Bertz CT molecular complexity index is 1050. The van der Waals surface area contributed by atoms with Crippen molar-refractivity contribution >= 4 is 51.2 Å². The van der Waals surface area contributed by atoms with Crippen molar-refractivity contribution in [2.24, 2.45) is 5.92 Å². The molecule has 0 aliphatic carbocycles. The number of nitrogens with zero attached hydrogens (tertiary/aromatic N) is 1. The summed E-state index contributed by atoms with van der Waals surface area (Å²) < 4.78 is 0. The van der Waals surface area contributed by atoms with E-state index in [2.05, 4.69) is 20.9 Å². The fourth-order valence-electron chi connectivity index (χ4n) is 2.65. The first kappa shape index (κ1) is 22.6. The lowest BCUT2D eigenvalue weighted by molar-refractivity contribution is -0.121. The molecule has 1 atom stereocenters. The lowest BCUT2D eigenvalue weighted by atomic mass is 10.1. The van der Waals surface area contributed by atoms with Crippen molar-refractivity contribution in [2.45, 2.75) is 33.2 Å². The predicted molar refractivity (Wildman–Crippen MR) is 124 cm³/mol. The van der Waals surface area contributed by atoms with Crippen LogP contribution in [-0.2, 0) is 22.6 Å². The zero-order valence-electron chi connectivity index (χ0n) is 17.3. The van der Waals surface area contributed by atoms with Crippen molar-refractivity contribution in [2.75, 3.05) is 10.6 Å². The molecule has 0 aliphatic rings. The van der Waals surface area contributed by atoms with Crippen LogP contribution in [0.25, 0.3) is 0 Å². The van der Waals surface area contributed by atoms with E-state index in [0.29, 0.717) is 27.9 Å². The van der Waals surface area contributed by atoms with E-state index in [0.717, 1.165) is 12.0 Å². The van der Waals surface area contributed by atoms with Gasteiger partial charge in [0, 0.05) is 23.5 Å². The Kier molecular flexibility index (Phi) is 7.91. The number of amides is 3. The second-order valence-corrected chi connectivity index (χ2v) is 8.83. The zero-order chi connectivity index (χ0) is 22.2. The molecule has 3 amide bonds. The summed E-state index contributed by atoms with van der Waals surface area (Å²) in [6.45, 7) is 4.20. The van der Waals surface area contributed by atoms with Crippen LogP contribution >= 0.6 is 22.7 Å². The summed E-state index contributed by atoms with van der Waals surface area (Å²) in [5, 5.41) is 12.6. The molecule has 9 heteroatoms. The van der Waals surface area contributed by atoms with Gasteiger partial charge in [-0.05, 0) is 35.6 Å². The number of aromatic nitrogens is 1. The van der Waals surface area contributed by atoms with E-state index in [1.807, 2.05) is 49.6 Å². The lowest BCUT2D eigenvalue weighted by Gasteiger charge is -2.11. The smallest absolute Gasteiger partial charge is 0.267 e. The van der Waals surface area contributed by atoms with Crippen LogP contribution in [0.15, 0.2) is 47.2 Å². The quantitative estimate of drug-likeness (QED) is 0.447. The maximum absolute atomic E-state index is 12.3. The predicted octanol–water partition coefficient (Wildman–Crippen LogP) is 4.30. The minimum Gasteiger partial charge on any atom is -0.352 e. The number of anilines is 2. The van der Waals surface area contributed by atoms with Gasteiger partial charge in [0.25, 0.3) is 5.91 Å². The largest absolute Gasteiger partial charge is 0.352 e. The fraction of sp³-hybridized carbons (Fsp3) is 0.273. The summed E-state index contributed by atoms with van der Waals surface area (Å²) in [6.07, 6.45) is 0.896. The molecule has 2 aromatic heterocycles. The highest BCUT2D eigenvalue weighted by Gasteiger charge is 2.13. The summed E-state index contributed by atoms with van der Waals surface area (Å²) in [5.41, 5.74) is 2.19. The van der Waals surface area contributed by atoms with Crippen LogP contribution in [0.3, 0.4) is 0 Å². The van der Waals surface area contributed by atoms with Crippen LogP contribution in [-0.4, -0.2) is 22.7 Å². The second kappa shape index (κ2) is 10.8. The number of rotatable bonds is 9. The highest BCUT2D eigenvalue weighted by Crippen LogP contribution is 2.18. The van der Waals surface area contributed by atoms with Crippen molar-refractivity contribution in [3.8, 4) is 0 Å². The third-order valence-electron chi connectivity index (χ3n) is 4.60. The van der Waals surface area contributed by atoms with Gasteiger partial charge in [-0.15, -0.1) is 22.7 Å². The Hall–Kier alpha value is -3.04. The van der Waals surface area contributed by atoms with Gasteiger partial charge < -0.3 is 10.6 Å². The number of thiazole rings is 1. The van der Waals surface area contributed by atoms with Crippen LogP contribution in [0.2, 0.25) is 0 Å². The topological polar surface area (TPSA) is 100 Å². The van der Waals surface area contributed by atoms with Gasteiger partial charge in [-0.25, -0.2) is 4.98 Å². The van der Waals surface area contributed by atoms with Gasteiger partial charge in [0.1, 0.15) is 0 Å². The minimum absolute atomic E-state index is 0.0193. The first-order valence-corrected chi connectivity index (χ1v) is 11.7. The number of hydrogen-bond donors (Lipinski definition) is 3. The van der Waals surface area contributed by atoms with Gasteiger partial charge in [0.15, 0.2) is 5.13 Å². The number of thiophene rings is 1. The molecule has 3 N–H and O–H groups in total. The van der Waals surface area contributed by atoms with E-state index in [1.165, 1.54) is 22.7 Å². The monoisotopic (exact) mass is 456 g/mol. The molecular formula is C22H24N4O3S2. The molecule has 0 saturated carbocycles. The zero-order valence-corrected chi connectivity index (χ0v) is 18.9. The van der Waals surface area contributed by atoms with E-state index >= 15 is 0 Å². The highest BCUT2D eigenvalue weighted by molar-refractivity contribution is 7.14. The van der Waals surface area contributed by atoms with Crippen LogP contribution in [0, 0.1) is 5.92 Å². The molecule has 3 aromatic rings. The molecule has 0 aliphatic heterocycles. The third-order valence-corrected chi connectivity index (χ3v) is 6.28. The molecular weight excluding hydrogens is 432 g/mol. The molecule has 3 rings (SSSR count). The van der Waals surface area contributed by atoms with Crippen molar-refractivity contribution in [1.82, 2.24) is 10.3 Å². The van der Waals surface area contributed by atoms with Gasteiger partial charge in [0.05, 0.1) is 17.0 Å². The summed E-state index contributed by atoms with van der Waals surface area (Å²) in [6, 6.07) is 11.0. The van der Waals surface area contributed by atoms with Crippen molar-refractivity contribution < 1.29 is 14.4 Å². The van der Waals surface area contributed by atoms with E-state index in [4.69, 9.17) is 0 Å². The Balaban J connectivity index is 1.48. The number of hydrogen-bond acceptors (Lipinski definition) is 6. The molecule has 0 saturated heterocycles. The van der Waals surface area contributed by atoms with Crippen LogP contribution in [0.1, 0.15) is 41.2 Å². The molecule has 2 heterocycles. The van der Waals surface area contributed by atoms with Crippen LogP contribution in [0.5, 0.6) is 0 Å². The van der Waals surface area contributed by atoms with Gasteiger partial charge in [-0.2, -0.15) is 0 Å². The van der Waals surface area contributed by atoms with Gasteiger partial charge in [-0.3, -0.25) is 19.7 Å². The van der Waals surface area contributed by atoms with E-state index < -0.39 is 0 Å². The molecule has 1 aromatic carbocycles. The summed E-state index contributed by atoms with van der Waals surface area (Å²) in [7, 11) is 0. The Morgan fingerprint density at radius 2 is 1.94 bits per heavy atom. The van der Waals surface area contributed by atoms with Gasteiger partial charge in [0.2, 0.25) is 11.8 Å². The fourth-order valence-corrected chi connectivity index (χ4v) is 3.97. The van der Waals surface area contributed by atoms with Crippen molar-refractivity contribution in [3.63, 3.8) is 0 Å². The van der Waals surface area contributed by atoms with Crippen LogP contribution in [0.4, 0.5) is 10.8 Å². The molecule has 0 fully saturated rings. The number of carbonyl (C=O) groups is 3. The van der Waals surface area contributed by atoms with Gasteiger partial charge >= 0.3 is 0 Å². The number of nitrogens with one attached hydrogen (secondary N) is 3. The first-order chi connectivity index (χ1) is 14.9. The number of benzene rings is 1. The third kappa shape index (κ3) is 6.73. The van der Waals surface area contributed by atoms with E-state index in [-0.39, 0.29) is 30.1 Å². The molecule has 7 nitrogen and oxygen atoms in total. The first-order valence-electron chi connectivity index (χ1n) is 9.90. The lowest BCUT2D eigenvalue weighted by Crippen LogP contribution is -2.25. The van der Waals surface area contributed by atoms with Crippen molar-refractivity contribution in [3.05, 3.63) is 63.3 Å². The Morgan fingerprint density at radius 1 is 1.10 bits per heavy atom. The molecule has 0 spiro atoms. The maximum atomic E-state index is 12.3. The molecule has 162 valence electrons. The van der Waals surface area contributed by atoms with E-state index in [1.54, 1.807) is 11.4 Å². The van der Waals surface area contributed by atoms with Crippen LogP contribution < -0.4 is 16.0 Å². The summed E-state index contributed by atoms with van der Waals surface area (Å²) >= 11 is 2.64. The van der Waals surface area contributed by atoms with Crippen molar-refractivity contribution in [1.29, 1.82) is 0 Å². The summed E-state index contributed by atoms with van der Waals surface area (Å²) in [5.74, 6) is -0.452. The SMILES string of the molecule is CCC(C)C(=O)Nc1cccc(CNC(=O)Cc2csc(NC(=O)c3cccs3)n2)c1. The average molecular weight is 457 g/mol. The summed E-state index contributed by atoms with van der Waals surface area (Å²) in [4.78, 5) is 41.3. The standard InChI is InChI=1S/C22H24N4O3S2/c1-3-14(2)20(28)24-16-7-4-6-15(10-16)12-23-19(27)11-17-13-31-22(25-17)26-21(29)18-8-5-9-30-18/h4-10,13-14H,3,11-12H2,1-2H3,(H,23,27)(H,24,28)(H,25,26,29). The average Bonchev–Trinajstić information content (AvgIpc) is 3.44. The molecule has 0 bridgehead atoms. The molecule has 1 unspecified atom stereocenters. The molecule has 31 heavy (non-hydrogen) atoms. The van der Waals surface area contributed by atoms with Gasteiger partial charge in [-0.1, -0.05) is 32.0 Å². The maximum Gasteiger partial charge on any atom is 0.267 e.